The van der Waals surface area contributed by atoms with Gasteiger partial charge >= 0.3 is 0 Å². The third-order valence-electron chi connectivity index (χ3n) is 5.96. The van der Waals surface area contributed by atoms with E-state index in [0.29, 0.717) is 23.6 Å². The Bertz CT molecular complexity index is 1280. The predicted molar refractivity (Wildman–Crippen MR) is 112 cm³/mol. The van der Waals surface area contributed by atoms with E-state index in [1.165, 1.54) is 12.3 Å². The summed E-state index contributed by atoms with van der Waals surface area (Å²) in [5.74, 6) is 0.386. The van der Waals surface area contributed by atoms with Crippen LogP contribution in [0.1, 0.15) is 58.4 Å². The third kappa shape index (κ3) is 3.24. The largest absolute Gasteiger partial charge is 0.361 e. The summed E-state index contributed by atoms with van der Waals surface area (Å²) in [4.78, 5) is 19.9. The van der Waals surface area contributed by atoms with E-state index in [-0.39, 0.29) is 28.9 Å². The number of carbonyl (C=O) groups excluding carboxylic acids is 1. The maximum atomic E-state index is 13.8. The number of likely N-dealkylation sites (tertiary alicyclic amines) is 1. The van der Waals surface area contributed by atoms with E-state index in [0.717, 1.165) is 28.6 Å². The highest BCUT2D eigenvalue weighted by Crippen LogP contribution is 2.37. The molecular weight excluding hydrogens is 416 g/mol. The molecular formula is C23H21F2N5O2. The minimum Gasteiger partial charge on any atom is -0.361 e. The summed E-state index contributed by atoms with van der Waals surface area (Å²) in [6, 6.07) is 10.2. The van der Waals surface area contributed by atoms with Crippen LogP contribution in [-0.4, -0.2) is 37.1 Å². The fourth-order valence-electron chi connectivity index (χ4n) is 4.48. The number of benzene rings is 1. The normalized spacial score (nSPS) is 16.4. The first-order valence-electron chi connectivity index (χ1n) is 10.4. The van der Waals surface area contributed by atoms with Crippen LogP contribution in [0.25, 0.3) is 16.9 Å². The first-order chi connectivity index (χ1) is 15.5. The number of carbonyl (C=O) groups is 1. The monoisotopic (exact) mass is 437 g/mol. The van der Waals surface area contributed by atoms with Gasteiger partial charge in [0, 0.05) is 17.7 Å². The van der Waals surface area contributed by atoms with Gasteiger partial charge in [-0.15, -0.1) is 0 Å². The molecule has 0 spiro atoms. The molecule has 1 aromatic carbocycles. The number of aromatic nitrogens is 4. The molecule has 1 amide bonds. The Morgan fingerprint density at radius 3 is 2.69 bits per heavy atom. The molecule has 1 aliphatic heterocycles. The van der Waals surface area contributed by atoms with Gasteiger partial charge in [-0.25, -0.2) is 18.3 Å². The number of halogens is 2. The molecule has 5 rings (SSSR count). The highest BCUT2D eigenvalue weighted by atomic mass is 19.3. The van der Waals surface area contributed by atoms with Gasteiger partial charge in [-0.05, 0) is 32.8 Å². The van der Waals surface area contributed by atoms with Crippen molar-refractivity contribution in [2.75, 3.05) is 6.54 Å². The van der Waals surface area contributed by atoms with Crippen LogP contribution >= 0.6 is 0 Å². The van der Waals surface area contributed by atoms with Crippen molar-refractivity contribution in [2.45, 2.75) is 39.2 Å². The van der Waals surface area contributed by atoms with E-state index in [1.54, 1.807) is 17.0 Å². The van der Waals surface area contributed by atoms with E-state index in [9.17, 15) is 13.6 Å². The van der Waals surface area contributed by atoms with Crippen molar-refractivity contribution in [2.24, 2.45) is 0 Å². The van der Waals surface area contributed by atoms with E-state index in [2.05, 4.69) is 15.2 Å². The van der Waals surface area contributed by atoms with Gasteiger partial charge < -0.3 is 9.42 Å². The first kappa shape index (κ1) is 20.3. The molecule has 0 radical (unpaired) electrons. The zero-order valence-corrected chi connectivity index (χ0v) is 17.6. The number of amides is 1. The topological polar surface area (TPSA) is 76.5 Å². The number of nitrogens with zero attached hydrogens (tertiary/aromatic N) is 5. The molecule has 4 heterocycles. The van der Waals surface area contributed by atoms with Crippen molar-refractivity contribution in [3.63, 3.8) is 0 Å². The maximum absolute atomic E-state index is 13.8. The Labute approximate surface area is 182 Å². The van der Waals surface area contributed by atoms with Gasteiger partial charge in [-0.1, -0.05) is 35.5 Å². The number of fused-ring (bicyclic) bond motifs is 1. The average Bonchev–Trinajstić information content (AvgIpc) is 3.51. The van der Waals surface area contributed by atoms with Crippen molar-refractivity contribution < 1.29 is 18.1 Å². The molecule has 1 atom stereocenters. The van der Waals surface area contributed by atoms with Crippen molar-refractivity contribution in [3.05, 3.63) is 70.9 Å². The molecule has 164 valence electrons. The van der Waals surface area contributed by atoms with Crippen molar-refractivity contribution >= 4 is 11.6 Å². The lowest BCUT2D eigenvalue weighted by atomic mass is 10.0. The summed E-state index contributed by atoms with van der Waals surface area (Å²) in [7, 11) is 0. The Morgan fingerprint density at radius 2 is 2.00 bits per heavy atom. The van der Waals surface area contributed by atoms with E-state index in [1.807, 2.05) is 32.0 Å². The van der Waals surface area contributed by atoms with Gasteiger partial charge in [0.15, 0.2) is 5.65 Å². The molecule has 1 fully saturated rings. The van der Waals surface area contributed by atoms with Crippen LogP contribution in [0.2, 0.25) is 0 Å². The number of hydrogen-bond donors (Lipinski definition) is 0. The standard InChI is InChI=1S/C23H21F2N5O2/c1-13-20(14(2)32-28-13)18-9-6-10-29(18)23(31)16-12-26-30-19(21(24)25)11-17(27-22(16)30)15-7-4-3-5-8-15/h3-5,7-8,11-12,18,21H,6,9-10H2,1-2H3/t18-/m1/s1. The van der Waals surface area contributed by atoms with Crippen molar-refractivity contribution in [3.8, 4) is 11.3 Å². The number of aryl methyl sites for hydroxylation is 2. The van der Waals surface area contributed by atoms with Crippen LogP contribution in [0.15, 0.2) is 47.1 Å². The van der Waals surface area contributed by atoms with Gasteiger partial charge in [0.2, 0.25) is 0 Å². The molecule has 0 aliphatic carbocycles. The van der Waals surface area contributed by atoms with Crippen molar-refractivity contribution in [1.29, 1.82) is 0 Å². The quantitative estimate of drug-likeness (QED) is 0.453. The summed E-state index contributed by atoms with van der Waals surface area (Å²) in [6.45, 7) is 4.23. The SMILES string of the molecule is Cc1noc(C)c1[C@H]1CCCN1C(=O)c1cnn2c(C(F)F)cc(-c3ccccc3)nc12. The summed E-state index contributed by atoms with van der Waals surface area (Å²) < 4.78 is 34.0. The van der Waals surface area contributed by atoms with Gasteiger partial charge in [-0.2, -0.15) is 5.10 Å². The molecule has 0 N–H and O–H groups in total. The first-order valence-corrected chi connectivity index (χ1v) is 10.4. The van der Waals surface area contributed by atoms with Crippen LogP contribution in [-0.2, 0) is 0 Å². The Kier molecular flexibility index (Phi) is 4.96. The molecule has 1 aliphatic rings. The second kappa shape index (κ2) is 7.81. The maximum Gasteiger partial charge on any atom is 0.280 e. The van der Waals surface area contributed by atoms with Crippen molar-refractivity contribution in [1.82, 2.24) is 24.7 Å². The predicted octanol–water partition coefficient (Wildman–Crippen LogP) is 4.92. The molecule has 0 unspecified atom stereocenters. The molecule has 7 nitrogen and oxygen atoms in total. The second-order valence-corrected chi connectivity index (χ2v) is 7.92. The molecule has 1 saturated heterocycles. The molecule has 9 heteroatoms. The lowest BCUT2D eigenvalue weighted by Crippen LogP contribution is -2.31. The van der Waals surface area contributed by atoms with Crippen LogP contribution in [0.3, 0.4) is 0 Å². The van der Waals surface area contributed by atoms with Crippen LogP contribution in [0, 0.1) is 13.8 Å². The summed E-state index contributed by atoms with van der Waals surface area (Å²) >= 11 is 0. The van der Waals surface area contributed by atoms with E-state index < -0.39 is 6.43 Å². The number of alkyl halides is 2. The number of hydrogen-bond acceptors (Lipinski definition) is 5. The minimum atomic E-state index is -2.77. The summed E-state index contributed by atoms with van der Waals surface area (Å²) in [5, 5.41) is 8.10. The van der Waals surface area contributed by atoms with Crippen LogP contribution in [0.4, 0.5) is 8.78 Å². The zero-order chi connectivity index (χ0) is 22.4. The van der Waals surface area contributed by atoms with E-state index in [4.69, 9.17) is 4.52 Å². The van der Waals surface area contributed by atoms with Gasteiger partial charge in [0.05, 0.1) is 23.6 Å². The molecule has 32 heavy (non-hydrogen) atoms. The van der Waals surface area contributed by atoms with Gasteiger partial charge in [0.25, 0.3) is 12.3 Å². The summed E-state index contributed by atoms with van der Waals surface area (Å²) in [6.07, 6.45) is 0.157. The lowest BCUT2D eigenvalue weighted by Gasteiger charge is -2.24. The highest BCUT2D eigenvalue weighted by molar-refractivity contribution is 6.00. The lowest BCUT2D eigenvalue weighted by molar-refractivity contribution is 0.0736. The summed E-state index contributed by atoms with van der Waals surface area (Å²) in [5.41, 5.74) is 2.71. The van der Waals surface area contributed by atoms with Crippen LogP contribution in [0.5, 0.6) is 0 Å². The molecule has 0 bridgehead atoms. The molecule has 4 aromatic rings. The minimum absolute atomic E-state index is 0.121. The molecule has 0 saturated carbocycles. The Morgan fingerprint density at radius 1 is 1.22 bits per heavy atom. The fourth-order valence-corrected chi connectivity index (χ4v) is 4.48. The Hall–Kier alpha value is -3.62. The highest BCUT2D eigenvalue weighted by Gasteiger charge is 2.36. The number of rotatable bonds is 4. The van der Waals surface area contributed by atoms with Gasteiger partial charge in [-0.3, -0.25) is 4.79 Å². The fraction of sp³-hybridized carbons (Fsp3) is 0.304. The van der Waals surface area contributed by atoms with Crippen LogP contribution < -0.4 is 0 Å². The smallest absolute Gasteiger partial charge is 0.280 e. The average molecular weight is 437 g/mol. The van der Waals surface area contributed by atoms with E-state index >= 15 is 0 Å². The Balaban J connectivity index is 1.61. The van der Waals surface area contributed by atoms with Gasteiger partial charge in [0.1, 0.15) is 17.0 Å². The third-order valence-corrected chi connectivity index (χ3v) is 5.96. The molecule has 3 aromatic heterocycles. The zero-order valence-electron chi connectivity index (χ0n) is 17.6. The second-order valence-electron chi connectivity index (χ2n) is 7.92.